The van der Waals surface area contributed by atoms with Gasteiger partial charge in [0.1, 0.15) is 11.1 Å². The molecule has 6 radical (unpaired) electrons. The number of hydrogen-bond acceptors (Lipinski definition) is 2. The molecular formula is C8H7B3BrN3O. The minimum Gasteiger partial charge on any atom is -0.360 e. The maximum Gasteiger partial charge on any atom is 0.242 e. The Labute approximate surface area is 106 Å². The highest BCUT2D eigenvalue weighted by Crippen LogP contribution is 2.17. The number of rotatable bonds is 1. The molecule has 0 unspecified atom stereocenters. The lowest BCUT2D eigenvalue weighted by molar-refractivity contribution is -0.131. The molecule has 0 saturated carbocycles. The lowest BCUT2D eigenvalue weighted by Crippen LogP contribution is -2.54. The minimum atomic E-state index is -1.61. The Balaban J connectivity index is 2.26. The second kappa shape index (κ2) is 3.98. The van der Waals surface area contributed by atoms with E-state index in [2.05, 4.69) is 21.0 Å². The molecule has 16 heavy (non-hydrogen) atoms. The van der Waals surface area contributed by atoms with E-state index in [0.717, 1.165) is 5.69 Å². The Hall–Kier alpha value is -0.645. The highest BCUT2D eigenvalue weighted by atomic mass is 79.9. The van der Waals surface area contributed by atoms with Crippen molar-refractivity contribution >= 4 is 45.4 Å². The molecule has 1 aliphatic rings. The van der Waals surface area contributed by atoms with Crippen molar-refractivity contribution in [3.05, 3.63) is 16.4 Å². The molecule has 0 N–H and O–H groups in total. The average molecular weight is 274 g/mol. The molecule has 2 rings (SSSR count). The second-order valence-electron chi connectivity index (χ2n) is 3.80. The highest BCUT2D eigenvalue weighted by molar-refractivity contribution is 9.10. The lowest BCUT2D eigenvalue weighted by Gasteiger charge is -2.36. The predicted molar refractivity (Wildman–Crippen MR) is 65.3 cm³/mol. The van der Waals surface area contributed by atoms with Crippen molar-refractivity contribution in [1.29, 1.82) is 0 Å². The predicted octanol–water partition coefficient (Wildman–Crippen LogP) is -0.853. The van der Waals surface area contributed by atoms with Crippen molar-refractivity contribution in [2.75, 3.05) is 6.54 Å². The zero-order valence-electron chi connectivity index (χ0n) is 8.56. The molecule has 1 aromatic heterocycles. The summed E-state index contributed by atoms with van der Waals surface area (Å²) in [4.78, 5) is 13.1. The number of fused-ring (bicyclic) bond motifs is 1. The summed E-state index contributed by atoms with van der Waals surface area (Å²) < 4.78 is 2.33. The molecule has 76 valence electrons. The fourth-order valence-electron chi connectivity index (χ4n) is 1.73. The van der Waals surface area contributed by atoms with Crippen molar-refractivity contribution in [3.8, 4) is 0 Å². The Morgan fingerprint density at radius 3 is 2.75 bits per heavy atom. The Kier molecular flexibility index (Phi) is 2.94. The molecule has 0 bridgehead atoms. The van der Waals surface area contributed by atoms with Gasteiger partial charge in [0.25, 0.3) is 0 Å². The molecule has 1 aliphatic heterocycles. The molecule has 1 amide bonds. The molecular weight excluding hydrogens is 266 g/mol. The van der Waals surface area contributed by atoms with E-state index >= 15 is 0 Å². The third-order valence-corrected chi connectivity index (χ3v) is 2.87. The van der Waals surface area contributed by atoms with Crippen molar-refractivity contribution in [2.24, 2.45) is 0 Å². The van der Waals surface area contributed by atoms with Crippen LogP contribution in [0.25, 0.3) is 0 Å². The van der Waals surface area contributed by atoms with Crippen LogP contribution in [0.3, 0.4) is 0 Å². The van der Waals surface area contributed by atoms with E-state index in [1.807, 2.05) is 6.07 Å². The van der Waals surface area contributed by atoms with Crippen molar-refractivity contribution in [1.82, 2.24) is 14.7 Å². The number of halogens is 1. The van der Waals surface area contributed by atoms with E-state index in [1.165, 1.54) is 4.90 Å². The van der Waals surface area contributed by atoms with Gasteiger partial charge in [-0.2, -0.15) is 5.10 Å². The number of hydrogen-bond donors (Lipinski definition) is 0. The Morgan fingerprint density at radius 2 is 2.12 bits per heavy atom. The van der Waals surface area contributed by atoms with Gasteiger partial charge in [0, 0.05) is 18.7 Å². The van der Waals surface area contributed by atoms with Crippen LogP contribution in [0.2, 0.25) is 0 Å². The van der Waals surface area contributed by atoms with Gasteiger partial charge in [-0.1, -0.05) is 5.24 Å². The molecule has 0 aromatic carbocycles. The van der Waals surface area contributed by atoms with Crippen LogP contribution in [-0.4, -0.2) is 55.9 Å². The number of carbonyl (C=O) groups excluding carboxylic acids is 1. The molecule has 2 heterocycles. The molecule has 0 fully saturated rings. The number of carbonyl (C=O) groups is 1. The Morgan fingerprint density at radius 1 is 1.44 bits per heavy atom. The zero-order valence-corrected chi connectivity index (χ0v) is 10.1. The summed E-state index contributed by atoms with van der Waals surface area (Å²) in [6.07, 6.45) is 0.623. The van der Waals surface area contributed by atoms with E-state index in [1.54, 1.807) is 4.68 Å². The summed E-state index contributed by atoms with van der Waals surface area (Å²) in [5.74, 6) is -0.234. The van der Waals surface area contributed by atoms with Gasteiger partial charge in [0.05, 0.1) is 23.5 Å². The third kappa shape index (κ3) is 2.21. The van der Waals surface area contributed by atoms with Crippen LogP contribution in [0.4, 0.5) is 0 Å². The van der Waals surface area contributed by atoms with Gasteiger partial charge < -0.3 is 4.90 Å². The van der Waals surface area contributed by atoms with Crippen LogP contribution in [0.15, 0.2) is 10.7 Å². The van der Waals surface area contributed by atoms with Crippen molar-refractivity contribution < 1.29 is 4.79 Å². The van der Waals surface area contributed by atoms with E-state index in [4.69, 9.17) is 23.5 Å². The highest BCUT2D eigenvalue weighted by Gasteiger charge is 2.28. The summed E-state index contributed by atoms with van der Waals surface area (Å²) in [5, 5.41) is 2.53. The summed E-state index contributed by atoms with van der Waals surface area (Å²) in [5.41, 5.74) is 0.951. The van der Waals surface area contributed by atoms with E-state index in [9.17, 15) is 4.79 Å². The van der Waals surface area contributed by atoms with E-state index in [0.29, 0.717) is 17.6 Å². The van der Waals surface area contributed by atoms with Crippen LogP contribution >= 0.6 is 15.9 Å². The van der Waals surface area contributed by atoms with Crippen LogP contribution in [0.1, 0.15) is 5.69 Å². The van der Waals surface area contributed by atoms with E-state index < -0.39 is 5.24 Å². The van der Waals surface area contributed by atoms with Gasteiger partial charge >= 0.3 is 0 Å². The molecule has 0 spiro atoms. The standard InChI is InChI=1S/C8H7B3BrN3O/c9-8(10,11)14-2-1-5-3-6(12)13-15(5)4-7(14)16/h3H,1-2,4H2. The van der Waals surface area contributed by atoms with Crippen LogP contribution in [-0.2, 0) is 17.8 Å². The summed E-state index contributed by atoms with van der Waals surface area (Å²) >= 11 is 3.26. The van der Waals surface area contributed by atoms with Crippen LogP contribution in [0.5, 0.6) is 0 Å². The summed E-state index contributed by atoms with van der Waals surface area (Å²) in [6.45, 7) is 0.495. The van der Waals surface area contributed by atoms with Gasteiger partial charge in [-0.05, 0) is 22.0 Å². The molecule has 0 atom stereocenters. The molecule has 1 aromatic rings. The van der Waals surface area contributed by atoms with Crippen molar-refractivity contribution in [3.63, 3.8) is 0 Å². The SMILES string of the molecule is [B]C([B])([B])N1CCc2cc(Br)nn2CC1=O. The first kappa shape index (κ1) is 11.8. The van der Waals surface area contributed by atoms with Crippen LogP contribution < -0.4 is 0 Å². The van der Waals surface area contributed by atoms with Gasteiger partial charge in [0.2, 0.25) is 5.91 Å². The number of aromatic nitrogens is 2. The first-order chi connectivity index (χ1) is 7.38. The largest absolute Gasteiger partial charge is 0.360 e. The molecule has 0 aliphatic carbocycles. The molecule has 0 saturated heterocycles. The summed E-state index contributed by atoms with van der Waals surface area (Å²) in [6, 6.07) is 1.86. The minimum absolute atomic E-state index is 0.105. The maximum absolute atomic E-state index is 11.8. The van der Waals surface area contributed by atoms with Gasteiger partial charge in [-0.15, -0.1) is 0 Å². The zero-order chi connectivity index (χ0) is 11.9. The number of nitrogens with zero attached hydrogens (tertiary/aromatic N) is 3. The normalized spacial score (nSPS) is 17.1. The molecule has 8 heteroatoms. The second-order valence-corrected chi connectivity index (χ2v) is 4.61. The van der Waals surface area contributed by atoms with Crippen LogP contribution in [0, 0.1) is 0 Å². The monoisotopic (exact) mass is 273 g/mol. The number of amides is 1. The first-order valence-corrected chi connectivity index (χ1v) is 5.56. The fourth-order valence-corrected chi connectivity index (χ4v) is 2.19. The summed E-state index contributed by atoms with van der Waals surface area (Å²) in [7, 11) is 16.6. The van der Waals surface area contributed by atoms with Gasteiger partial charge in [-0.25, -0.2) is 0 Å². The Bertz CT molecular complexity index is 429. The molecule has 4 nitrogen and oxygen atoms in total. The average Bonchev–Trinajstić information content (AvgIpc) is 2.36. The van der Waals surface area contributed by atoms with Crippen molar-refractivity contribution in [2.45, 2.75) is 18.2 Å². The smallest absolute Gasteiger partial charge is 0.242 e. The lowest BCUT2D eigenvalue weighted by atomic mass is 9.48. The first-order valence-electron chi connectivity index (χ1n) is 4.77. The quantitative estimate of drug-likeness (QED) is 0.625. The van der Waals surface area contributed by atoms with E-state index in [-0.39, 0.29) is 12.5 Å². The maximum atomic E-state index is 11.8. The topological polar surface area (TPSA) is 38.1 Å². The van der Waals surface area contributed by atoms with Gasteiger partial charge in [0.15, 0.2) is 0 Å². The fraction of sp³-hybridized carbons (Fsp3) is 0.500. The third-order valence-electron chi connectivity index (χ3n) is 2.48. The van der Waals surface area contributed by atoms with Gasteiger partial charge in [-0.3, -0.25) is 9.48 Å².